The van der Waals surface area contributed by atoms with E-state index in [4.69, 9.17) is 9.47 Å². The van der Waals surface area contributed by atoms with Crippen LogP contribution >= 0.6 is 0 Å². The summed E-state index contributed by atoms with van der Waals surface area (Å²) in [5, 5.41) is 0. The fourth-order valence-corrected chi connectivity index (χ4v) is 4.29. The summed E-state index contributed by atoms with van der Waals surface area (Å²) in [6.07, 6.45) is 0. The second kappa shape index (κ2) is 11.4. The molecule has 37 heavy (non-hydrogen) atoms. The molecule has 0 N–H and O–H groups in total. The molecule has 0 heterocycles. The third-order valence-corrected chi connectivity index (χ3v) is 6.09. The lowest BCUT2D eigenvalue weighted by molar-refractivity contribution is 0.0470. The Bertz CT molecular complexity index is 1410. The zero-order valence-electron chi connectivity index (χ0n) is 20.1. The van der Waals surface area contributed by atoms with Crippen LogP contribution in [-0.4, -0.2) is 5.97 Å². The monoisotopic (exact) mass is 488 g/mol. The molecule has 0 amide bonds. The average Bonchev–Trinajstić information content (AvgIpc) is 2.96. The van der Waals surface area contributed by atoms with E-state index in [1.54, 1.807) is 36.4 Å². The van der Waals surface area contributed by atoms with Gasteiger partial charge in [-0.05, 0) is 65.2 Å². The summed E-state index contributed by atoms with van der Waals surface area (Å²) in [5.74, 6) is 0.254. The fraction of sp³-hybridized carbons (Fsp3) is 0.0606. The lowest BCUT2D eigenvalue weighted by Crippen LogP contribution is -2.08. The Morgan fingerprint density at radius 1 is 0.649 bits per heavy atom. The number of esters is 1. The Balaban J connectivity index is 1.52. The molecular formula is C33H25FO3. The zero-order valence-corrected chi connectivity index (χ0v) is 20.1. The molecule has 0 spiro atoms. The molecule has 0 saturated heterocycles. The van der Waals surface area contributed by atoms with Crippen molar-refractivity contribution in [3.63, 3.8) is 0 Å². The first-order valence-corrected chi connectivity index (χ1v) is 12.1. The Morgan fingerprint density at radius 3 is 1.81 bits per heavy atom. The Kier molecular flexibility index (Phi) is 7.37. The van der Waals surface area contributed by atoms with Crippen LogP contribution in [0.15, 0.2) is 133 Å². The van der Waals surface area contributed by atoms with Crippen molar-refractivity contribution in [2.75, 3.05) is 0 Å². The summed E-state index contributed by atoms with van der Waals surface area (Å²) < 4.78 is 25.2. The molecule has 5 rings (SSSR count). The number of benzene rings is 5. The Hall–Kier alpha value is -4.70. The van der Waals surface area contributed by atoms with E-state index in [9.17, 15) is 9.18 Å². The van der Waals surface area contributed by atoms with Crippen LogP contribution in [0.1, 0.15) is 38.5 Å². The smallest absolute Gasteiger partial charge is 0.338 e. The first kappa shape index (κ1) is 24.0. The van der Waals surface area contributed by atoms with Crippen LogP contribution in [-0.2, 0) is 11.3 Å². The Morgan fingerprint density at radius 2 is 1.22 bits per heavy atom. The number of hydrogen-bond donors (Lipinski definition) is 0. The first-order chi connectivity index (χ1) is 18.2. The standard InChI is InChI=1S/C33H25FO3/c34-29-17-19-30(20-18-29)37-31-21-16-27(22-28(31)23-36-33(35)26-14-8-3-9-15-26)32(24-10-4-1-5-11-24)25-12-6-2-7-13-25/h1-22,32H,23H2. The highest BCUT2D eigenvalue weighted by Crippen LogP contribution is 2.36. The van der Waals surface area contributed by atoms with Gasteiger partial charge in [-0.25, -0.2) is 9.18 Å². The number of hydrogen-bond acceptors (Lipinski definition) is 3. The lowest BCUT2D eigenvalue weighted by atomic mass is 9.84. The van der Waals surface area contributed by atoms with Crippen molar-refractivity contribution >= 4 is 5.97 Å². The molecule has 5 aromatic carbocycles. The minimum atomic E-state index is -0.415. The van der Waals surface area contributed by atoms with Gasteiger partial charge in [-0.15, -0.1) is 0 Å². The molecule has 0 fully saturated rings. The van der Waals surface area contributed by atoms with E-state index < -0.39 is 5.97 Å². The van der Waals surface area contributed by atoms with Crippen molar-refractivity contribution in [3.8, 4) is 11.5 Å². The molecule has 5 aromatic rings. The molecule has 0 aliphatic carbocycles. The predicted molar refractivity (Wildman–Crippen MR) is 142 cm³/mol. The van der Waals surface area contributed by atoms with Gasteiger partial charge in [0.05, 0.1) is 5.56 Å². The van der Waals surface area contributed by atoms with Gasteiger partial charge in [0.25, 0.3) is 0 Å². The molecule has 3 nitrogen and oxygen atoms in total. The highest BCUT2D eigenvalue weighted by atomic mass is 19.1. The number of carbonyl (C=O) groups is 1. The second-order valence-electron chi connectivity index (χ2n) is 8.62. The third kappa shape index (κ3) is 5.93. The molecule has 4 heteroatoms. The van der Waals surface area contributed by atoms with E-state index in [1.807, 2.05) is 60.7 Å². The summed E-state index contributed by atoms with van der Waals surface area (Å²) in [7, 11) is 0. The normalized spacial score (nSPS) is 10.8. The van der Waals surface area contributed by atoms with Gasteiger partial charge in [-0.1, -0.05) is 84.9 Å². The quantitative estimate of drug-likeness (QED) is 0.163. The maximum atomic E-state index is 13.4. The van der Waals surface area contributed by atoms with Gasteiger partial charge in [0, 0.05) is 11.5 Å². The molecule has 0 atom stereocenters. The minimum absolute atomic E-state index is 0.0222. The summed E-state index contributed by atoms with van der Waals surface area (Å²) in [6, 6.07) is 41.2. The van der Waals surface area contributed by atoms with Crippen LogP contribution in [0.25, 0.3) is 0 Å². The number of ether oxygens (including phenoxy) is 2. The van der Waals surface area contributed by atoms with Crippen molar-refractivity contribution in [2.24, 2.45) is 0 Å². The summed E-state index contributed by atoms with van der Waals surface area (Å²) in [5.41, 5.74) is 4.52. The topological polar surface area (TPSA) is 35.5 Å². The maximum Gasteiger partial charge on any atom is 0.338 e. The van der Waals surface area contributed by atoms with Crippen LogP contribution in [0.4, 0.5) is 4.39 Å². The molecular weight excluding hydrogens is 463 g/mol. The van der Waals surface area contributed by atoms with Gasteiger partial charge in [0.15, 0.2) is 0 Å². The third-order valence-electron chi connectivity index (χ3n) is 6.09. The van der Waals surface area contributed by atoms with E-state index in [-0.39, 0.29) is 18.3 Å². The number of halogens is 1. The number of rotatable bonds is 8. The van der Waals surface area contributed by atoms with E-state index in [0.29, 0.717) is 22.6 Å². The molecule has 0 unspecified atom stereocenters. The van der Waals surface area contributed by atoms with Crippen molar-refractivity contribution in [2.45, 2.75) is 12.5 Å². The molecule has 0 aliphatic rings. The van der Waals surface area contributed by atoms with Gasteiger partial charge in [0.1, 0.15) is 23.9 Å². The molecule has 0 aromatic heterocycles. The highest BCUT2D eigenvalue weighted by Gasteiger charge is 2.19. The second-order valence-corrected chi connectivity index (χ2v) is 8.62. The van der Waals surface area contributed by atoms with Crippen molar-refractivity contribution in [1.29, 1.82) is 0 Å². The predicted octanol–water partition coefficient (Wildman–Crippen LogP) is 8.16. The van der Waals surface area contributed by atoms with Gasteiger partial charge in [-0.3, -0.25) is 0 Å². The Labute approximate surface area is 215 Å². The first-order valence-electron chi connectivity index (χ1n) is 12.1. The average molecular weight is 489 g/mol. The zero-order chi connectivity index (χ0) is 25.5. The lowest BCUT2D eigenvalue weighted by Gasteiger charge is -2.21. The highest BCUT2D eigenvalue weighted by molar-refractivity contribution is 5.89. The SMILES string of the molecule is O=C(OCc1cc(C(c2ccccc2)c2ccccc2)ccc1Oc1ccc(F)cc1)c1ccccc1. The van der Waals surface area contributed by atoms with E-state index in [1.165, 1.54) is 12.1 Å². The van der Waals surface area contributed by atoms with Crippen molar-refractivity contribution in [3.05, 3.63) is 167 Å². The fourth-order valence-electron chi connectivity index (χ4n) is 4.29. The van der Waals surface area contributed by atoms with E-state index >= 15 is 0 Å². The van der Waals surface area contributed by atoms with Gasteiger partial charge in [0.2, 0.25) is 0 Å². The van der Waals surface area contributed by atoms with Gasteiger partial charge >= 0.3 is 5.97 Å². The van der Waals surface area contributed by atoms with E-state index in [2.05, 4.69) is 24.3 Å². The van der Waals surface area contributed by atoms with Crippen molar-refractivity contribution in [1.82, 2.24) is 0 Å². The van der Waals surface area contributed by atoms with E-state index in [0.717, 1.165) is 16.7 Å². The van der Waals surface area contributed by atoms with Crippen LogP contribution in [0.3, 0.4) is 0 Å². The summed E-state index contributed by atoms with van der Waals surface area (Å²) >= 11 is 0. The summed E-state index contributed by atoms with van der Waals surface area (Å²) in [4.78, 5) is 12.7. The molecule has 0 aliphatic heterocycles. The molecule has 0 bridgehead atoms. The van der Waals surface area contributed by atoms with Crippen LogP contribution < -0.4 is 4.74 Å². The maximum absolute atomic E-state index is 13.4. The van der Waals surface area contributed by atoms with Crippen LogP contribution in [0.5, 0.6) is 11.5 Å². The van der Waals surface area contributed by atoms with Crippen LogP contribution in [0.2, 0.25) is 0 Å². The largest absolute Gasteiger partial charge is 0.457 e. The summed E-state index contributed by atoms with van der Waals surface area (Å²) in [6.45, 7) is 0.0222. The molecule has 182 valence electrons. The molecule has 0 saturated carbocycles. The van der Waals surface area contributed by atoms with Crippen molar-refractivity contribution < 1.29 is 18.7 Å². The van der Waals surface area contributed by atoms with Gasteiger partial charge < -0.3 is 9.47 Å². The number of carbonyl (C=O) groups excluding carboxylic acids is 1. The van der Waals surface area contributed by atoms with Crippen LogP contribution in [0, 0.1) is 5.82 Å². The van der Waals surface area contributed by atoms with Gasteiger partial charge in [-0.2, -0.15) is 0 Å². The molecule has 0 radical (unpaired) electrons. The minimum Gasteiger partial charge on any atom is -0.457 e.